The van der Waals surface area contributed by atoms with Crippen molar-refractivity contribution in [2.24, 2.45) is 5.73 Å². The molecule has 0 aliphatic heterocycles. The van der Waals surface area contributed by atoms with Crippen molar-refractivity contribution in [3.8, 4) is 5.75 Å². The number of benzene rings is 1. The van der Waals surface area contributed by atoms with Gasteiger partial charge >= 0.3 is 0 Å². The van der Waals surface area contributed by atoms with Crippen molar-refractivity contribution in [2.45, 2.75) is 23.1 Å². The number of hydrogen-bond acceptors (Lipinski definition) is 4. The van der Waals surface area contributed by atoms with Crippen molar-refractivity contribution in [1.29, 1.82) is 0 Å². The molecule has 18 heavy (non-hydrogen) atoms. The third-order valence-corrected chi connectivity index (χ3v) is 4.92. The first-order valence-electron chi connectivity index (χ1n) is 5.79. The van der Waals surface area contributed by atoms with Crippen LogP contribution in [-0.4, -0.2) is 13.2 Å². The summed E-state index contributed by atoms with van der Waals surface area (Å²) in [5.74, 6) is 0.906. The molecule has 2 atom stereocenters. The zero-order valence-corrected chi connectivity index (χ0v) is 12.1. The molecule has 2 rings (SSSR count). The maximum absolute atomic E-state index is 6.11. The number of rotatable bonds is 5. The van der Waals surface area contributed by atoms with Gasteiger partial charge in [0, 0.05) is 10.9 Å². The van der Waals surface area contributed by atoms with Gasteiger partial charge in [-0.1, -0.05) is 12.1 Å². The van der Waals surface area contributed by atoms with Gasteiger partial charge in [-0.2, -0.15) is 11.3 Å². The van der Waals surface area contributed by atoms with Crippen LogP contribution in [0, 0.1) is 0 Å². The molecular formula is C14H17NOS2. The van der Waals surface area contributed by atoms with E-state index in [1.54, 1.807) is 30.2 Å². The number of ether oxygens (including phenoxy) is 1. The molecule has 1 heterocycles. The van der Waals surface area contributed by atoms with Crippen LogP contribution in [0.15, 0.2) is 46.0 Å². The van der Waals surface area contributed by atoms with Crippen molar-refractivity contribution in [3.05, 3.63) is 46.7 Å². The molecule has 0 saturated heterocycles. The third kappa shape index (κ3) is 3.07. The minimum Gasteiger partial charge on any atom is -0.496 e. The lowest BCUT2D eigenvalue weighted by Crippen LogP contribution is -2.22. The van der Waals surface area contributed by atoms with Crippen LogP contribution in [0.25, 0.3) is 0 Å². The highest BCUT2D eigenvalue weighted by Crippen LogP contribution is 2.41. The maximum Gasteiger partial charge on any atom is 0.132 e. The lowest BCUT2D eigenvalue weighted by molar-refractivity contribution is 0.404. The van der Waals surface area contributed by atoms with Gasteiger partial charge in [-0.05, 0) is 41.4 Å². The normalized spacial score (nSPS) is 14.2. The largest absolute Gasteiger partial charge is 0.496 e. The van der Waals surface area contributed by atoms with E-state index < -0.39 is 0 Å². The SMILES string of the molecule is COc1ccccc1SC(c1ccsc1)C(C)N. The van der Waals surface area contributed by atoms with E-state index in [0.717, 1.165) is 10.6 Å². The molecule has 0 amide bonds. The number of hydrogen-bond donors (Lipinski definition) is 1. The van der Waals surface area contributed by atoms with Crippen LogP contribution in [0.2, 0.25) is 0 Å². The molecule has 2 nitrogen and oxygen atoms in total. The quantitative estimate of drug-likeness (QED) is 0.842. The summed E-state index contributed by atoms with van der Waals surface area (Å²) in [5, 5.41) is 4.51. The second-order valence-corrected chi connectivity index (χ2v) is 6.07. The highest BCUT2D eigenvalue weighted by atomic mass is 32.2. The highest BCUT2D eigenvalue weighted by molar-refractivity contribution is 7.99. The van der Waals surface area contributed by atoms with Crippen LogP contribution in [0.4, 0.5) is 0 Å². The summed E-state index contributed by atoms with van der Waals surface area (Å²) in [6.45, 7) is 2.05. The summed E-state index contributed by atoms with van der Waals surface area (Å²) in [7, 11) is 1.70. The second-order valence-electron chi connectivity index (χ2n) is 4.11. The first-order chi connectivity index (χ1) is 8.72. The predicted octanol–water partition coefficient (Wildman–Crippen LogP) is 3.94. The van der Waals surface area contributed by atoms with E-state index in [2.05, 4.69) is 22.9 Å². The molecule has 2 unspecified atom stereocenters. The second kappa shape index (κ2) is 6.27. The number of para-hydroxylation sites is 1. The smallest absolute Gasteiger partial charge is 0.132 e. The maximum atomic E-state index is 6.11. The minimum atomic E-state index is 0.0921. The summed E-state index contributed by atoms with van der Waals surface area (Å²) in [4.78, 5) is 1.13. The summed E-state index contributed by atoms with van der Waals surface area (Å²) in [6, 6.07) is 10.3. The van der Waals surface area contributed by atoms with Gasteiger partial charge in [0.15, 0.2) is 0 Å². The van der Waals surface area contributed by atoms with Gasteiger partial charge in [0.1, 0.15) is 5.75 Å². The van der Waals surface area contributed by atoms with Crippen LogP contribution in [0.1, 0.15) is 17.7 Å². The Kier molecular flexibility index (Phi) is 4.69. The fourth-order valence-corrected chi connectivity index (χ4v) is 3.75. The molecule has 0 fully saturated rings. The van der Waals surface area contributed by atoms with E-state index in [1.807, 2.05) is 25.1 Å². The summed E-state index contributed by atoms with van der Waals surface area (Å²) in [6.07, 6.45) is 0. The fourth-order valence-electron chi connectivity index (χ4n) is 1.77. The van der Waals surface area contributed by atoms with Crippen molar-refractivity contribution in [3.63, 3.8) is 0 Å². The Morgan fingerprint density at radius 2 is 2.06 bits per heavy atom. The highest BCUT2D eigenvalue weighted by Gasteiger charge is 2.19. The van der Waals surface area contributed by atoms with Gasteiger partial charge in [-0.3, -0.25) is 0 Å². The van der Waals surface area contributed by atoms with E-state index in [1.165, 1.54) is 5.56 Å². The topological polar surface area (TPSA) is 35.2 Å². The molecule has 1 aromatic carbocycles. The number of thioether (sulfide) groups is 1. The Labute approximate surface area is 116 Å². The van der Waals surface area contributed by atoms with Gasteiger partial charge in [-0.25, -0.2) is 0 Å². The van der Waals surface area contributed by atoms with E-state index in [0.29, 0.717) is 0 Å². The molecule has 0 bridgehead atoms. The van der Waals surface area contributed by atoms with Crippen LogP contribution >= 0.6 is 23.1 Å². The summed E-state index contributed by atoms with van der Waals surface area (Å²) in [5.41, 5.74) is 7.39. The number of methoxy groups -OCH3 is 1. The minimum absolute atomic E-state index is 0.0921. The average molecular weight is 279 g/mol. The Balaban J connectivity index is 2.24. The molecule has 0 aliphatic rings. The molecule has 4 heteroatoms. The average Bonchev–Trinajstić information content (AvgIpc) is 2.89. The van der Waals surface area contributed by atoms with Gasteiger partial charge in [-0.15, -0.1) is 11.8 Å². The zero-order valence-electron chi connectivity index (χ0n) is 10.5. The monoisotopic (exact) mass is 279 g/mol. The molecule has 1 aromatic heterocycles. The Bertz CT molecular complexity index is 482. The lowest BCUT2D eigenvalue weighted by atomic mass is 10.1. The number of thiophene rings is 1. The third-order valence-electron chi connectivity index (χ3n) is 2.67. The summed E-state index contributed by atoms with van der Waals surface area (Å²) < 4.78 is 5.38. The van der Waals surface area contributed by atoms with E-state index in [-0.39, 0.29) is 11.3 Å². The number of nitrogens with two attached hydrogens (primary N) is 1. The lowest BCUT2D eigenvalue weighted by Gasteiger charge is -2.20. The van der Waals surface area contributed by atoms with Crippen molar-refractivity contribution in [1.82, 2.24) is 0 Å². The predicted molar refractivity (Wildman–Crippen MR) is 79.6 cm³/mol. The molecule has 0 aliphatic carbocycles. The van der Waals surface area contributed by atoms with Crippen molar-refractivity contribution in [2.75, 3.05) is 7.11 Å². The van der Waals surface area contributed by atoms with Crippen molar-refractivity contribution < 1.29 is 4.74 Å². The van der Waals surface area contributed by atoms with Crippen LogP contribution in [0.5, 0.6) is 5.75 Å². The van der Waals surface area contributed by atoms with Crippen LogP contribution in [-0.2, 0) is 0 Å². The summed E-state index contributed by atoms with van der Waals surface area (Å²) >= 11 is 3.47. The molecular weight excluding hydrogens is 262 g/mol. The molecule has 96 valence electrons. The van der Waals surface area contributed by atoms with Gasteiger partial charge in [0.05, 0.1) is 12.4 Å². The molecule has 0 saturated carbocycles. The Morgan fingerprint density at radius 1 is 1.28 bits per heavy atom. The van der Waals surface area contributed by atoms with Gasteiger partial charge < -0.3 is 10.5 Å². The van der Waals surface area contributed by atoms with Gasteiger partial charge in [0.25, 0.3) is 0 Å². The first kappa shape index (κ1) is 13.5. The molecule has 2 N–H and O–H groups in total. The standard InChI is InChI=1S/C14H17NOS2/c1-10(15)14(11-7-8-17-9-11)18-13-6-4-3-5-12(13)16-2/h3-10,14H,15H2,1-2H3. The van der Waals surface area contributed by atoms with E-state index in [9.17, 15) is 0 Å². The first-order valence-corrected chi connectivity index (χ1v) is 7.62. The Hall–Kier alpha value is -0.970. The molecule has 2 aromatic rings. The van der Waals surface area contributed by atoms with Crippen LogP contribution < -0.4 is 10.5 Å². The molecule has 0 radical (unpaired) electrons. The zero-order chi connectivity index (χ0) is 13.0. The van der Waals surface area contributed by atoms with E-state index >= 15 is 0 Å². The molecule has 0 spiro atoms. The van der Waals surface area contributed by atoms with E-state index in [4.69, 9.17) is 10.5 Å². The van der Waals surface area contributed by atoms with Gasteiger partial charge in [0.2, 0.25) is 0 Å². The Morgan fingerprint density at radius 3 is 2.67 bits per heavy atom. The van der Waals surface area contributed by atoms with Crippen molar-refractivity contribution >= 4 is 23.1 Å². The fraction of sp³-hybridized carbons (Fsp3) is 0.286. The van der Waals surface area contributed by atoms with Crippen LogP contribution in [0.3, 0.4) is 0 Å².